The predicted octanol–water partition coefficient (Wildman–Crippen LogP) is 3.84. The van der Waals surface area contributed by atoms with E-state index >= 15 is 0 Å². The molecule has 1 N–H and O–H groups in total. The molecule has 2 aromatic heterocycles. The van der Waals surface area contributed by atoms with Gasteiger partial charge in [0.25, 0.3) is 5.91 Å². The quantitative estimate of drug-likeness (QED) is 0.540. The van der Waals surface area contributed by atoms with Gasteiger partial charge in [-0.2, -0.15) is 5.10 Å². The second kappa shape index (κ2) is 7.70. The van der Waals surface area contributed by atoms with Gasteiger partial charge in [-0.15, -0.1) is 11.8 Å². The van der Waals surface area contributed by atoms with Gasteiger partial charge in [0.15, 0.2) is 5.65 Å². The Kier molecular flexibility index (Phi) is 5.38. The molecule has 0 fully saturated rings. The molecule has 2 heterocycles. The van der Waals surface area contributed by atoms with Gasteiger partial charge < -0.3 is 5.32 Å². The van der Waals surface area contributed by atoms with Crippen LogP contribution in [-0.2, 0) is 0 Å². The van der Waals surface area contributed by atoms with E-state index in [4.69, 9.17) is 0 Å². The van der Waals surface area contributed by atoms with Gasteiger partial charge >= 0.3 is 0 Å². The molecule has 25 heavy (non-hydrogen) atoms. The number of rotatable bonds is 6. The molecule has 1 aromatic carbocycles. The van der Waals surface area contributed by atoms with Crippen molar-refractivity contribution in [3.8, 4) is 0 Å². The van der Waals surface area contributed by atoms with Gasteiger partial charge in [0.2, 0.25) is 0 Å². The van der Waals surface area contributed by atoms with E-state index in [0.29, 0.717) is 12.1 Å². The van der Waals surface area contributed by atoms with E-state index in [1.54, 1.807) is 18.0 Å². The highest BCUT2D eigenvalue weighted by Gasteiger charge is 2.14. The maximum Gasteiger partial charge on any atom is 0.253 e. The summed E-state index contributed by atoms with van der Waals surface area (Å²) in [7, 11) is 0. The molecule has 0 aliphatic heterocycles. The molecular formula is C19H22N4OS. The number of carbonyl (C=O) groups is 1. The molecule has 130 valence electrons. The maximum atomic E-state index is 12.5. The van der Waals surface area contributed by atoms with E-state index in [0.717, 1.165) is 22.5 Å². The summed E-state index contributed by atoms with van der Waals surface area (Å²) in [5.74, 6) is 0.744. The van der Waals surface area contributed by atoms with Gasteiger partial charge in [0.05, 0.1) is 17.5 Å². The van der Waals surface area contributed by atoms with Gasteiger partial charge in [0.1, 0.15) is 0 Å². The first kappa shape index (κ1) is 17.5. The summed E-state index contributed by atoms with van der Waals surface area (Å²) in [6.45, 7) is 6.61. The molecule has 3 rings (SSSR count). The topological polar surface area (TPSA) is 59.8 Å². The number of hydrogen-bond donors (Lipinski definition) is 1. The molecule has 6 heteroatoms. The standard InChI is InChI=1S/C19H22N4OS/c1-13(2)23-18-15(12-21-23)11-17(14(3)22-18)19(24)20-9-10-25-16-7-5-4-6-8-16/h4-8,11-13H,9-10H2,1-3H3,(H,20,24). The number of pyridine rings is 1. The van der Waals surface area contributed by atoms with Crippen LogP contribution in [0.2, 0.25) is 0 Å². The minimum atomic E-state index is -0.0853. The van der Waals surface area contributed by atoms with Gasteiger partial charge in [-0.25, -0.2) is 9.67 Å². The zero-order valence-corrected chi connectivity index (χ0v) is 15.5. The summed E-state index contributed by atoms with van der Waals surface area (Å²) in [5, 5.41) is 8.23. The lowest BCUT2D eigenvalue weighted by Gasteiger charge is -2.10. The molecule has 3 aromatic rings. The first-order chi connectivity index (χ1) is 12.1. The van der Waals surface area contributed by atoms with Crippen LogP contribution < -0.4 is 5.32 Å². The molecule has 0 aliphatic rings. The molecular weight excluding hydrogens is 332 g/mol. The lowest BCUT2D eigenvalue weighted by Crippen LogP contribution is -2.26. The number of aryl methyl sites for hydroxylation is 1. The third-order valence-corrected chi connectivity index (χ3v) is 4.91. The van der Waals surface area contributed by atoms with Crippen molar-refractivity contribution in [3.05, 3.63) is 53.9 Å². The Morgan fingerprint density at radius 2 is 2.04 bits per heavy atom. The Morgan fingerprint density at radius 3 is 2.76 bits per heavy atom. The number of thioether (sulfide) groups is 1. The number of aromatic nitrogens is 3. The van der Waals surface area contributed by atoms with Crippen molar-refractivity contribution in [2.24, 2.45) is 0 Å². The summed E-state index contributed by atoms with van der Waals surface area (Å²) in [6.07, 6.45) is 1.77. The average Bonchev–Trinajstić information content (AvgIpc) is 3.01. The SMILES string of the molecule is Cc1nc2c(cnn2C(C)C)cc1C(=O)NCCSc1ccccc1. The fourth-order valence-corrected chi connectivity index (χ4v) is 3.41. The Balaban J connectivity index is 1.64. The van der Waals surface area contributed by atoms with Crippen LogP contribution in [0.3, 0.4) is 0 Å². The molecule has 0 saturated heterocycles. The Morgan fingerprint density at radius 1 is 1.28 bits per heavy atom. The van der Waals surface area contributed by atoms with E-state index in [2.05, 4.69) is 41.4 Å². The van der Waals surface area contributed by atoms with Crippen LogP contribution in [-0.4, -0.2) is 33.0 Å². The van der Waals surface area contributed by atoms with Crippen molar-refractivity contribution in [2.45, 2.75) is 31.7 Å². The maximum absolute atomic E-state index is 12.5. The van der Waals surface area contributed by atoms with Gasteiger partial charge in [-0.05, 0) is 39.0 Å². The van der Waals surface area contributed by atoms with Crippen molar-refractivity contribution in [3.63, 3.8) is 0 Å². The third-order valence-electron chi connectivity index (χ3n) is 3.89. The van der Waals surface area contributed by atoms with Crippen molar-refractivity contribution in [1.29, 1.82) is 0 Å². The van der Waals surface area contributed by atoms with E-state index in [1.165, 1.54) is 4.90 Å². The first-order valence-electron chi connectivity index (χ1n) is 8.37. The Hall–Kier alpha value is -2.34. The van der Waals surface area contributed by atoms with Gasteiger partial charge in [-0.1, -0.05) is 18.2 Å². The molecule has 0 spiro atoms. The minimum absolute atomic E-state index is 0.0853. The van der Waals surface area contributed by atoms with E-state index in [1.807, 2.05) is 35.9 Å². The van der Waals surface area contributed by atoms with Crippen molar-refractivity contribution < 1.29 is 4.79 Å². The van der Waals surface area contributed by atoms with Crippen LogP contribution in [0.4, 0.5) is 0 Å². The Bertz CT molecular complexity index is 874. The van der Waals surface area contributed by atoms with Crippen LogP contribution in [0.15, 0.2) is 47.5 Å². The number of fused-ring (bicyclic) bond motifs is 1. The number of nitrogens with zero attached hydrogens (tertiary/aromatic N) is 3. The number of carbonyl (C=O) groups excluding carboxylic acids is 1. The van der Waals surface area contributed by atoms with Gasteiger partial charge in [-0.3, -0.25) is 4.79 Å². The highest BCUT2D eigenvalue weighted by atomic mass is 32.2. The molecule has 0 atom stereocenters. The highest BCUT2D eigenvalue weighted by Crippen LogP contribution is 2.19. The number of nitrogens with one attached hydrogen (secondary N) is 1. The fraction of sp³-hybridized carbons (Fsp3) is 0.316. The smallest absolute Gasteiger partial charge is 0.253 e. The van der Waals surface area contributed by atoms with Crippen molar-refractivity contribution >= 4 is 28.7 Å². The van der Waals surface area contributed by atoms with Crippen LogP contribution >= 0.6 is 11.8 Å². The highest BCUT2D eigenvalue weighted by molar-refractivity contribution is 7.99. The van der Waals surface area contributed by atoms with Crippen LogP contribution in [0, 0.1) is 6.92 Å². The second-order valence-electron chi connectivity index (χ2n) is 6.13. The van der Waals surface area contributed by atoms with E-state index in [-0.39, 0.29) is 11.9 Å². The van der Waals surface area contributed by atoms with Gasteiger partial charge in [0, 0.05) is 28.6 Å². The largest absolute Gasteiger partial charge is 0.351 e. The number of benzene rings is 1. The zero-order chi connectivity index (χ0) is 17.8. The van der Waals surface area contributed by atoms with Crippen LogP contribution in [0.25, 0.3) is 11.0 Å². The lowest BCUT2D eigenvalue weighted by molar-refractivity contribution is 0.0955. The minimum Gasteiger partial charge on any atom is -0.351 e. The molecule has 0 saturated carbocycles. The summed E-state index contributed by atoms with van der Waals surface area (Å²) < 4.78 is 1.88. The average molecular weight is 354 g/mol. The predicted molar refractivity (Wildman–Crippen MR) is 102 cm³/mol. The third kappa shape index (κ3) is 4.02. The van der Waals surface area contributed by atoms with Crippen molar-refractivity contribution in [2.75, 3.05) is 12.3 Å². The monoisotopic (exact) mass is 354 g/mol. The summed E-state index contributed by atoms with van der Waals surface area (Å²) in [4.78, 5) is 18.3. The molecule has 0 unspecified atom stereocenters. The molecule has 0 bridgehead atoms. The zero-order valence-electron chi connectivity index (χ0n) is 14.7. The lowest BCUT2D eigenvalue weighted by atomic mass is 10.1. The van der Waals surface area contributed by atoms with E-state index < -0.39 is 0 Å². The normalized spacial score (nSPS) is 11.2. The second-order valence-corrected chi connectivity index (χ2v) is 7.30. The molecule has 5 nitrogen and oxygen atoms in total. The molecule has 0 radical (unpaired) electrons. The first-order valence-corrected chi connectivity index (χ1v) is 9.35. The number of hydrogen-bond acceptors (Lipinski definition) is 4. The fourth-order valence-electron chi connectivity index (χ4n) is 2.62. The van der Waals surface area contributed by atoms with Crippen molar-refractivity contribution in [1.82, 2.24) is 20.1 Å². The molecule has 1 amide bonds. The molecule has 0 aliphatic carbocycles. The Labute approximate surface area is 151 Å². The van der Waals surface area contributed by atoms with E-state index in [9.17, 15) is 4.79 Å². The van der Waals surface area contributed by atoms with Crippen LogP contribution in [0.5, 0.6) is 0 Å². The summed E-state index contributed by atoms with van der Waals surface area (Å²) in [5.41, 5.74) is 2.16. The summed E-state index contributed by atoms with van der Waals surface area (Å²) >= 11 is 1.73. The number of amides is 1. The summed E-state index contributed by atoms with van der Waals surface area (Å²) in [6, 6.07) is 12.3. The van der Waals surface area contributed by atoms with Crippen LogP contribution in [0.1, 0.15) is 35.9 Å².